The van der Waals surface area contributed by atoms with Gasteiger partial charge in [0.15, 0.2) is 11.5 Å². The van der Waals surface area contributed by atoms with E-state index in [1.807, 2.05) is 6.07 Å². The highest BCUT2D eigenvalue weighted by Crippen LogP contribution is 2.69. The summed E-state index contributed by atoms with van der Waals surface area (Å²) < 4.78 is 10.9. The summed E-state index contributed by atoms with van der Waals surface area (Å²) in [6, 6.07) is 4.47. The number of allylic oxidation sites excluding steroid dienone is 1. The monoisotopic (exact) mass is 359 g/mol. The number of benzene rings is 1. The highest BCUT2D eigenvalue weighted by atomic mass is 35.5. The number of rotatable bonds is 2. The van der Waals surface area contributed by atoms with Crippen LogP contribution in [0.1, 0.15) is 24.0 Å². The van der Waals surface area contributed by atoms with Crippen LogP contribution in [0.2, 0.25) is 5.02 Å². The van der Waals surface area contributed by atoms with Crippen LogP contribution in [-0.2, 0) is 21.4 Å². The molecule has 0 amide bonds. The van der Waals surface area contributed by atoms with E-state index in [4.69, 9.17) is 21.1 Å². The first kappa shape index (κ1) is 15.7. The van der Waals surface area contributed by atoms with Gasteiger partial charge in [-0.05, 0) is 49.2 Å². The Kier molecular flexibility index (Phi) is 3.02. The molecule has 4 nitrogen and oxygen atoms in total. The van der Waals surface area contributed by atoms with Gasteiger partial charge >= 0.3 is 0 Å². The molecule has 4 aliphatic rings. The molecule has 25 heavy (non-hydrogen) atoms. The van der Waals surface area contributed by atoms with Gasteiger partial charge in [-0.15, -0.1) is 0 Å². The van der Waals surface area contributed by atoms with Gasteiger partial charge in [0.2, 0.25) is 0 Å². The van der Waals surface area contributed by atoms with Crippen molar-refractivity contribution in [3.63, 3.8) is 0 Å². The molecule has 0 radical (unpaired) electrons. The summed E-state index contributed by atoms with van der Waals surface area (Å²) in [5.74, 6) is 1.68. The van der Waals surface area contributed by atoms with Gasteiger partial charge in [-0.25, -0.2) is 0 Å². The van der Waals surface area contributed by atoms with E-state index < -0.39 is 0 Å². The Hall–Kier alpha value is -1.52. The second-order valence-corrected chi connectivity index (χ2v) is 8.64. The predicted octanol–water partition coefficient (Wildman–Crippen LogP) is 2.97. The first-order chi connectivity index (χ1) is 11.9. The summed E-state index contributed by atoms with van der Waals surface area (Å²) in [5, 5.41) is 0.774. The molecule has 5 rings (SSSR count). The summed E-state index contributed by atoms with van der Waals surface area (Å²) in [6.07, 6.45) is 4.63. The Labute approximate surface area is 152 Å². The first-order valence-electron chi connectivity index (χ1n) is 8.80. The van der Waals surface area contributed by atoms with Crippen molar-refractivity contribution in [2.24, 2.45) is 11.3 Å². The number of hydrogen-bond donors (Lipinski definition) is 0. The standard InChI is InChI=1S/C20H22ClNO3/c1-22-10-19-7-12-13(4-11(24-2)5-15(12)21)20(9-19)8-16(23)17(25-3)6-14(20)18(19)22/h4-6,14,18H,7-10H2,1-3H3/t14-,18+,19?,20+/m0/s1. The van der Waals surface area contributed by atoms with Crippen LogP contribution in [-0.4, -0.2) is 44.5 Å². The van der Waals surface area contributed by atoms with Crippen LogP contribution in [0.25, 0.3) is 0 Å². The molecule has 3 aliphatic carbocycles. The fourth-order valence-electron chi connectivity index (χ4n) is 6.45. The van der Waals surface area contributed by atoms with Gasteiger partial charge in [-0.2, -0.15) is 0 Å². The molecule has 2 bridgehead atoms. The SMILES string of the molecule is COC1=C[C@H]2[C@H]3N(C)CC34Cc3c(Cl)cc(OC)cc3[C@@]2(CC1=O)C4. The van der Waals surface area contributed by atoms with E-state index in [1.54, 1.807) is 14.2 Å². The molecular weight excluding hydrogens is 338 g/mol. The number of ether oxygens (including phenoxy) is 2. The molecule has 1 aliphatic heterocycles. The van der Waals surface area contributed by atoms with Crippen molar-refractivity contribution < 1.29 is 14.3 Å². The van der Waals surface area contributed by atoms with Crippen molar-refractivity contribution in [2.45, 2.75) is 30.7 Å². The lowest BCUT2D eigenvalue weighted by molar-refractivity contribution is -0.121. The molecule has 1 saturated heterocycles. The minimum absolute atomic E-state index is 0.102. The van der Waals surface area contributed by atoms with Gasteiger partial charge in [-0.3, -0.25) is 4.79 Å². The number of nitrogens with zero attached hydrogens (tertiary/aromatic N) is 1. The Morgan fingerprint density at radius 2 is 2.04 bits per heavy atom. The summed E-state index contributed by atoms with van der Waals surface area (Å²) >= 11 is 6.66. The van der Waals surface area contributed by atoms with E-state index in [-0.39, 0.29) is 22.5 Å². The maximum absolute atomic E-state index is 12.8. The molecule has 2 fully saturated rings. The summed E-state index contributed by atoms with van der Waals surface area (Å²) in [5.41, 5.74) is 2.48. The van der Waals surface area contributed by atoms with Crippen molar-refractivity contribution >= 4 is 17.4 Å². The van der Waals surface area contributed by atoms with Crippen molar-refractivity contribution in [3.8, 4) is 5.75 Å². The molecule has 1 heterocycles. The van der Waals surface area contributed by atoms with Crippen molar-refractivity contribution in [2.75, 3.05) is 27.8 Å². The quantitative estimate of drug-likeness (QED) is 0.813. The minimum Gasteiger partial charge on any atom is -0.497 e. The highest BCUT2D eigenvalue weighted by molar-refractivity contribution is 6.31. The van der Waals surface area contributed by atoms with Crippen LogP contribution in [0.3, 0.4) is 0 Å². The zero-order valence-corrected chi connectivity index (χ0v) is 15.5. The molecule has 1 aromatic carbocycles. The van der Waals surface area contributed by atoms with Crippen LogP contribution >= 0.6 is 11.6 Å². The maximum atomic E-state index is 12.8. The smallest absolute Gasteiger partial charge is 0.197 e. The number of halogens is 1. The van der Waals surface area contributed by atoms with Crippen LogP contribution in [0, 0.1) is 11.3 Å². The minimum atomic E-state index is -0.180. The molecule has 5 heteroatoms. The Morgan fingerprint density at radius 3 is 2.72 bits per heavy atom. The average Bonchev–Trinajstić information content (AvgIpc) is 2.75. The van der Waals surface area contributed by atoms with Crippen LogP contribution in [0.4, 0.5) is 0 Å². The van der Waals surface area contributed by atoms with Gasteiger partial charge < -0.3 is 14.4 Å². The molecule has 1 aromatic rings. The molecule has 0 N–H and O–H groups in total. The van der Waals surface area contributed by atoms with Crippen molar-refractivity contribution in [3.05, 3.63) is 40.1 Å². The Balaban J connectivity index is 1.77. The van der Waals surface area contributed by atoms with E-state index in [1.165, 1.54) is 11.1 Å². The average molecular weight is 360 g/mol. The zero-order valence-electron chi connectivity index (χ0n) is 14.8. The number of Topliss-reactive ketones (excluding diaryl/α,β-unsaturated/α-hetero) is 1. The highest BCUT2D eigenvalue weighted by Gasteiger charge is 2.71. The molecular formula is C20H22ClNO3. The van der Waals surface area contributed by atoms with Gasteiger partial charge in [0.05, 0.1) is 14.2 Å². The fraction of sp³-hybridized carbons (Fsp3) is 0.550. The number of hydrogen-bond acceptors (Lipinski definition) is 4. The van der Waals surface area contributed by atoms with Crippen molar-refractivity contribution in [1.82, 2.24) is 4.90 Å². The summed E-state index contributed by atoms with van der Waals surface area (Å²) in [4.78, 5) is 15.2. The third kappa shape index (κ3) is 1.75. The lowest BCUT2D eigenvalue weighted by Crippen LogP contribution is -2.62. The van der Waals surface area contributed by atoms with E-state index in [9.17, 15) is 4.79 Å². The molecule has 132 valence electrons. The van der Waals surface area contributed by atoms with Gasteiger partial charge in [0.1, 0.15) is 5.75 Å². The van der Waals surface area contributed by atoms with E-state index in [0.29, 0.717) is 18.2 Å². The lowest BCUT2D eigenvalue weighted by atomic mass is 9.60. The molecule has 2 spiro atoms. The second kappa shape index (κ2) is 4.80. The molecule has 0 aromatic heterocycles. The molecule has 1 saturated carbocycles. The largest absolute Gasteiger partial charge is 0.497 e. The first-order valence-corrected chi connectivity index (χ1v) is 9.18. The third-order valence-electron chi connectivity index (χ3n) is 7.08. The van der Waals surface area contributed by atoms with E-state index >= 15 is 0 Å². The van der Waals surface area contributed by atoms with Gasteiger partial charge in [0, 0.05) is 40.8 Å². The third-order valence-corrected chi connectivity index (χ3v) is 7.42. The Morgan fingerprint density at radius 1 is 1.24 bits per heavy atom. The maximum Gasteiger partial charge on any atom is 0.197 e. The van der Waals surface area contributed by atoms with Crippen LogP contribution in [0.5, 0.6) is 5.75 Å². The Bertz CT molecular complexity index is 834. The molecule has 4 atom stereocenters. The number of ketones is 1. The van der Waals surface area contributed by atoms with Gasteiger partial charge in [0.25, 0.3) is 0 Å². The topological polar surface area (TPSA) is 38.8 Å². The number of likely N-dealkylation sites (tertiary alicyclic amines) is 1. The normalized spacial score (nSPS) is 38.2. The van der Waals surface area contributed by atoms with Gasteiger partial charge in [-0.1, -0.05) is 11.6 Å². The van der Waals surface area contributed by atoms with Crippen LogP contribution < -0.4 is 4.74 Å². The van der Waals surface area contributed by atoms with E-state index in [0.717, 1.165) is 30.2 Å². The summed E-state index contributed by atoms with van der Waals surface area (Å²) in [6.45, 7) is 1.07. The number of fused-ring (bicyclic) bond motifs is 2. The number of carbonyl (C=O) groups is 1. The number of methoxy groups -OCH3 is 2. The second-order valence-electron chi connectivity index (χ2n) is 8.23. The van der Waals surface area contributed by atoms with Crippen LogP contribution in [0.15, 0.2) is 24.0 Å². The van der Waals surface area contributed by atoms with E-state index in [2.05, 4.69) is 24.1 Å². The fourth-order valence-corrected chi connectivity index (χ4v) is 6.72. The molecule has 1 unspecified atom stereocenters. The predicted molar refractivity (Wildman–Crippen MR) is 95.1 cm³/mol. The lowest BCUT2D eigenvalue weighted by Gasteiger charge is -2.54. The van der Waals surface area contributed by atoms with Crippen molar-refractivity contribution in [1.29, 1.82) is 0 Å². The summed E-state index contributed by atoms with van der Waals surface area (Å²) in [7, 11) is 5.45. The number of carbonyl (C=O) groups excluding carboxylic acids is 1. The zero-order chi connectivity index (χ0) is 17.6.